The lowest BCUT2D eigenvalue weighted by molar-refractivity contribution is -0.139. The number of carbonyl (C=O) groups excluding carboxylic acids is 2. The Balaban J connectivity index is 2.08. The van der Waals surface area contributed by atoms with E-state index < -0.39 is 28.5 Å². The highest BCUT2D eigenvalue weighted by molar-refractivity contribution is 9.10. The topological polar surface area (TPSA) is 86.8 Å². The maximum Gasteiger partial charge on any atom is 0.264 e. The van der Waals surface area contributed by atoms with E-state index in [0.29, 0.717) is 12.2 Å². The molecule has 3 aromatic rings. The number of aryl methyl sites for hydroxylation is 3. The summed E-state index contributed by atoms with van der Waals surface area (Å²) < 4.78 is 29.9. The van der Waals surface area contributed by atoms with Crippen LogP contribution in [-0.2, 0) is 26.2 Å². The molecule has 1 atom stereocenters. The van der Waals surface area contributed by atoms with Crippen LogP contribution in [0.5, 0.6) is 0 Å². The zero-order valence-corrected chi connectivity index (χ0v) is 24.8. The summed E-state index contributed by atoms with van der Waals surface area (Å²) in [5, 5.41) is 2.77. The van der Waals surface area contributed by atoms with Crippen LogP contribution in [0, 0.1) is 20.8 Å². The number of rotatable bonds is 10. The van der Waals surface area contributed by atoms with Crippen molar-refractivity contribution in [3.8, 4) is 0 Å². The van der Waals surface area contributed by atoms with Crippen LogP contribution < -0.4 is 9.62 Å². The van der Waals surface area contributed by atoms with Gasteiger partial charge in [0, 0.05) is 17.6 Å². The van der Waals surface area contributed by atoms with Crippen LogP contribution in [0.25, 0.3) is 0 Å². The van der Waals surface area contributed by atoms with E-state index in [1.807, 2.05) is 64.1 Å². The first-order valence-electron chi connectivity index (χ1n) is 12.4. The van der Waals surface area contributed by atoms with E-state index in [9.17, 15) is 18.0 Å². The quantitative estimate of drug-likeness (QED) is 0.350. The summed E-state index contributed by atoms with van der Waals surface area (Å²) in [5.74, 6) is -0.796. The van der Waals surface area contributed by atoms with Gasteiger partial charge in [-0.05, 0) is 81.6 Å². The van der Waals surface area contributed by atoms with Gasteiger partial charge < -0.3 is 10.2 Å². The molecule has 202 valence electrons. The first kappa shape index (κ1) is 29.4. The fraction of sp³-hybridized carbons (Fsp3) is 0.310. The van der Waals surface area contributed by atoms with Crippen molar-refractivity contribution in [1.29, 1.82) is 0 Å². The summed E-state index contributed by atoms with van der Waals surface area (Å²) in [6, 6.07) is 18.7. The lowest BCUT2D eigenvalue weighted by atomic mass is 10.1. The van der Waals surface area contributed by atoms with Crippen LogP contribution >= 0.6 is 15.9 Å². The number of likely N-dealkylation sites (N-methyl/N-ethyl adjacent to an activating group) is 1. The fourth-order valence-corrected chi connectivity index (χ4v) is 5.99. The maximum atomic E-state index is 13.9. The van der Waals surface area contributed by atoms with Gasteiger partial charge in [0.15, 0.2) is 0 Å². The number of halogens is 1. The first-order valence-corrected chi connectivity index (χ1v) is 14.7. The molecule has 3 aromatic carbocycles. The molecule has 0 aliphatic carbocycles. The lowest BCUT2D eigenvalue weighted by Crippen LogP contribution is -2.51. The minimum absolute atomic E-state index is 0.0899. The summed E-state index contributed by atoms with van der Waals surface area (Å²) >= 11 is 3.45. The third-order valence-corrected chi connectivity index (χ3v) is 8.55. The molecule has 0 saturated carbocycles. The van der Waals surface area contributed by atoms with Crippen molar-refractivity contribution in [3.05, 3.63) is 93.5 Å². The Morgan fingerprint density at radius 2 is 1.61 bits per heavy atom. The molecule has 9 heteroatoms. The van der Waals surface area contributed by atoms with Crippen LogP contribution in [0.4, 0.5) is 5.69 Å². The average molecular weight is 601 g/mol. The Kier molecular flexibility index (Phi) is 9.73. The molecule has 0 saturated heterocycles. The largest absolute Gasteiger partial charge is 0.355 e. The summed E-state index contributed by atoms with van der Waals surface area (Å²) in [6.07, 6.45) is 0. The van der Waals surface area contributed by atoms with Crippen LogP contribution in [-0.4, -0.2) is 44.3 Å². The van der Waals surface area contributed by atoms with E-state index in [4.69, 9.17) is 0 Å². The molecule has 0 fully saturated rings. The Morgan fingerprint density at radius 1 is 0.947 bits per heavy atom. The first-order chi connectivity index (χ1) is 17.9. The average Bonchev–Trinajstić information content (AvgIpc) is 2.87. The van der Waals surface area contributed by atoms with Crippen LogP contribution in [0.2, 0.25) is 0 Å². The molecule has 38 heavy (non-hydrogen) atoms. The van der Waals surface area contributed by atoms with E-state index >= 15 is 0 Å². The standard InChI is InChI=1S/C29H34BrN3O4S/c1-6-31-29(35)23(5)32(18-24-8-7-9-25(30)17-24)28(34)19-33(27-16-21(3)10-13-22(27)4)38(36,37)26-14-11-20(2)12-15-26/h7-17,23H,6,18-19H2,1-5H3,(H,31,35)/t23-/m1/s1. The summed E-state index contributed by atoms with van der Waals surface area (Å²) in [6.45, 7) is 9.12. The van der Waals surface area contributed by atoms with Gasteiger partial charge in [0.1, 0.15) is 12.6 Å². The molecule has 0 bridgehead atoms. The van der Waals surface area contributed by atoms with Crippen molar-refractivity contribution >= 4 is 43.5 Å². The summed E-state index contributed by atoms with van der Waals surface area (Å²) in [7, 11) is -4.10. The van der Waals surface area contributed by atoms with E-state index in [2.05, 4.69) is 21.2 Å². The molecule has 1 N–H and O–H groups in total. The van der Waals surface area contributed by atoms with Gasteiger partial charge in [0.05, 0.1) is 10.6 Å². The molecule has 0 unspecified atom stereocenters. The Morgan fingerprint density at radius 3 is 2.24 bits per heavy atom. The number of hydrogen-bond acceptors (Lipinski definition) is 4. The summed E-state index contributed by atoms with van der Waals surface area (Å²) in [4.78, 5) is 28.2. The molecule has 0 spiro atoms. The van der Waals surface area contributed by atoms with Gasteiger partial charge >= 0.3 is 0 Å². The third kappa shape index (κ3) is 7.02. The highest BCUT2D eigenvalue weighted by atomic mass is 79.9. The molecular formula is C29H34BrN3O4S. The molecule has 0 heterocycles. The number of carbonyl (C=O) groups is 2. The van der Waals surface area contributed by atoms with E-state index in [1.54, 1.807) is 37.3 Å². The maximum absolute atomic E-state index is 13.9. The molecule has 0 aliphatic rings. The van der Waals surface area contributed by atoms with Crippen molar-refractivity contribution in [3.63, 3.8) is 0 Å². The number of hydrogen-bond donors (Lipinski definition) is 1. The Labute approximate surface area is 234 Å². The monoisotopic (exact) mass is 599 g/mol. The summed E-state index contributed by atoms with van der Waals surface area (Å²) in [5.41, 5.74) is 3.74. The van der Waals surface area contributed by atoms with Crippen LogP contribution in [0.3, 0.4) is 0 Å². The fourth-order valence-electron chi connectivity index (χ4n) is 4.08. The Bertz CT molecular complexity index is 1410. The smallest absolute Gasteiger partial charge is 0.264 e. The SMILES string of the molecule is CCNC(=O)[C@@H](C)N(Cc1cccc(Br)c1)C(=O)CN(c1cc(C)ccc1C)S(=O)(=O)c1ccc(C)cc1. The third-order valence-electron chi connectivity index (χ3n) is 6.28. The van der Waals surface area contributed by atoms with Crippen molar-refractivity contribution in [2.24, 2.45) is 0 Å². The van der Waals surface area contributed by atoms with Crippen molar-refractivity contribution in [1.82, 2.24) is 10.2 Å². The predicted octanol–water partition coefficient (Wildman–Crippen LogP) is 5.12. The van der Waals surface area contributed by atoms with Crippen molar-refractivity contribution in [2.75, 3.05) is 17.4 Å². The van der Waals surface area contributed by atoms with Gasteiger partial charge in [0.25, 0.3) is 10.0 Å². The highest BCUT2D eigenvalue weighted by Crippen LogP contribution is 2.29. The number of nitrogens with one attached hydrogen (secondary N) is 1. The van der Waals surface area contributed by atoms with E-state index in [-0.39, 0.29) is 17.3 Å². The van der Waals surface area contributed by atoms with Gasteiger partial charge in [-0.15, -0.1) is 0 Å². The zero-order valence-electron chi connectivity index (χ0n) is 22.4. The molecule has 0 aliphatic heterocycles. The molecule has 7 nitrogen and oxygen atoms in total. The van der Waals surface area contributed by atoms with Gasteiger partial charge in [-0.25, -0.2) is 8.42 Å². The van der Waals surface area contributed by atoms with E-state index in [1.165, 1.54) is 4.90 Å². The number of benzene rings is 3. The molecule has 3 rings (SSSR count). The number of amides is 2. The normalized spacial score (nSPS) is 12.1. The second kappa shape index (κ2) is 12.6. The molecule has 0 radical (unpaired) electrons. The minimum atomic E-state index is -4.10. The zero-order chi connectivity index (χ0) is 28.0. The second-order valence-corrected chi connectivity index (χ2v) is 12.1. The van der Waals surface area contributed by atoms with Gasteiger partial charge in [-0.2, -0.15) is 0 Å². The van der Waals surface area contributed by atoms with Gasteiger partial charge in [-0.1, -0.05) is 57.9 Å². The van der Waals surface area contributed by atoms with Crippen molar-refractivity contribution in [2.45, 2.75) is 52.1 Å². The van der Waals surface area contributed by atoms with Crippen molar-refractivity contribution < 1.29 is 18.0 Å². The van der Waals surface area contributed by atoms with E-state index in [0.717, 1.165) is 31.0 Å². The van der Waals surface area contributed by atoms with Crippen LogP contribution in [0.1, 0.15) is 36.1 Å². The molecule has 2 amide bonds. The molecule has 0 aromatic heterocycles. The number of anilines is 1. The van der Waals surface area contributed by atoms with Gasteiger partial charge in [0.2, 0.25) is 11.8 Å². The number of sulfonamides is 1. The lowest BCUT2D eigenvalue weighted by Gasteiger charge is -2.32. The Hall–Kier alpha value is -3.17. The highest BCUT2D eigenvalue weighted by Gasteiger charge is 2.33. The second-order valence-electron chi connectivity index (χ2n) is 9.34. The minimum Gasteiger partial charge on any atom is -0.355 e. The van der Waals surface area contributed by atoms with Gasteiger partial charge in [-0.3, -0.25) is 13.9 Å². The van der Waals surface area contributed by atoms with Crippen LogP contribution in [0.15, 0.2) is 76.1 Å². The number of nitrogens with zero attached hydrogens (tertiary/aromatic N) is 2. The predicted molar refractivity (Wildman–Crippen MR) is 154 cm³/mol. The molecular weight excluding hydrogens is 566 g/mol.